The molecule has 0 aromatic heterocycles. The molecule has 1 aromatic carbocycles. The summed E-state index contributed by atoms with van der Waals surface area (Å²) in [5, 5.41) is 29.7. The topological polar surface area (TPSA) is 201 Å². The molecule has 0 spiro atoms. The van der Waals surface area contributed by atoms with Crippen LogP contribution in [0.15, 0.2) is 24.3 Å². The second-order valence-corrected chi connectivity index (χ2v) is 3.74. The lowest BCUT2D eigenvalue weighted by Gasteiger charge is -1.90. The fourth-order valence-electron chi connectivity index (χ4n) is 0.496. The molecule has 0 aliphatic carbocycles. The molecule has 0 aliphatic rings. The van der Waals surface area contributed by atoms with Crippen LogP contribution in [0.5, 0.6) is 0 Å². The Kier molecular flexibility index (Phi) is 23.6. The lowest BCUT2D eigenvalue weighted by Crippen LogP contribution is -1.86. The SMILES string of the molecule is CC(=O)O.CC(=O)O.CC(=O)O.CC(=O)O.Nc1ccc(N)cc1. The Labute approximate surface area is 139 Å². The van der Waals surface area contributed by atoms with Crippen LogP contribution in [0.3, 0.4) is 0 Å². The van der Waals surface area contributed by atoms with Gasteiger partial charge in [0.2, 0.25) is 0 Å². The van der Waals surface area contributed by atoms with Gasteiger partial charge < -0.3 is 31.9 Å². The zero-order chi connectivity index (χ0) is 20.3. The molecule has 24 heavy (non-hydrogen) atoms. The maximum Gasteiger partial charge on any atom is 0.300 e. The minimum atomic E-state index is -0.833. The van der Waals surface area contributed by atoms with Crippen LogP contribution in [0.25, 0.3) is 0 Å². The maximum absolute atomic E-state index is 9.00. The summed E-state index contributed by atoms with van der Waals surface area (Å²) in [5.74, 6) is -3.33. The van der Waals surface area contributed by atoms with Crippen LogP contribution in [-0.4, -0.2) is 44.3 Å². The van der Waals surface area contributed by atoms with Crippen LogP contribution in [0.1, 0.15) is 27.7 Å². The van der Waals surface area contributed by atoms with Crippen molar-refractivity contribution in [2.75, 3.05) is 11.5 Å². The Hall–Kier alpha value is -3.30. The summed E-state index contributed by atoms with van der Waals surface area (Å²) >= 11 is 0. The van der Waals surface area contributed by atoms with Crippen LogP contribution in [0.2, 0.25) is 0 Å². The van der Waals surface area contributed by atoms with Crippen molar-refractivity contribution in [3.63, 3.8) is 0 Å². The molecule has 0 fully saturated rings. The van der Waals surface area contributed by atoms with E-state index < -0.39 is 23.9 Å². The molecule has 0 heterocycles. The molecule has 1 rings (SSSR count). The number of nitrogen functional groups attached to an aromatic ring is 2. The number of aliphatic carboxylic acids is 4. The van der Waals surface area contributed by atoms with Gasteiger partial charge in [0.15, 0.2) is 0 Å². The van der Waals surface area contributed by atoms with E-state index in [0.29, 0.717) is 0 Å². The van der Waals surface area contributed by atoms with Gasteiger partial charge in [0.25, 0.3) is 23.9 Å². The number of carboxylic acids is 4. The summed E-state index contributed by atoms with van der Waals surface area (Å²) in [6.45, 7) is 4.33. The molecule has 1 aromatic rings. The van der Waals surface area contributed by atoms with Gasteiger partial charge in [-0.05, 0) is 24.3 Å². The lowest BCUT2D eigenvalue weighted by atomic mass is 10.3. The Morgan fingerprint density at radius 1 is 0.583 bits per heavy atom. The molecule has 138 valence electrons. The van der Waals surface area contributed by atoms with Crippen molar-refractivity contribution < 1.29 is 39.6 Å². The van der Waals surface area contributed by atoms with E-state index in [2.05, 4.69) is 0 Å². The zero-order valence-electron chi connectivity index (χ0n) is 13.9. The fraction of sp³-hybridized carbons (Fsp3) is 0.286. The average Bonchev–Trinajstić information content (AvgIpc) is 2.30. The van der Waals surface area contributed by atoms with Crippen LogP contribution >= 0.6 is 0 Å². The standard InChI is InChI=1S/C6H8N2.4C2H4O2/c7-5-1-2-6(8)4-3-5;4*1-2(3)4/h1-4H,7-8H2;4*1H3,(H,3,4). The first-order valence-corrected chi connectivity index (χ1v) is 6.11. The monoisotopic (exact) mass is 348 g/mol. The van der Waals surface area contributed by atoms with Gasteiger partial charge in [-0.1, -0.05) is 0 Å². The van der Waals surface area contributed by atoms with Crippen LogP contribution < -0.4 is 11.5 Å². The van der Waals surface area contributed by atoms with Crippen LogP contribution in [0, 0.1) is 0 Å². The molecule has 0 saturated carbocycles. The summed E-state index contributed by atoms with van der Waals surface area (Å²) < 4.78 is 0. The number of benzene rings is 1. The van der Waals surface area contributed by atoms with Crippen molar-refractivity contribution in [1.29, 1.82) is 0 Å². The van der Waals surface area contributed by atoms with Gasteiger partial charge in [-0.15, -0.1) is 0 Å². The largest absolute Gasteiger partial charge is 0.481 e. The van der Waals surface area contributed by atoms with Gasteiger partial charge in [0.05, 0.1) is 0 Å². The number of nitrogens with two attached hydrogens (primary N) is 2. The molecule has 0 atom stereocenters. The number of carboxylic acid groups (broad SMARTS) is 4. The Bertz CT molecular complexity index is 401. The Morgan fingerprint density at radius 3 is 0.750 bits per heavy atom. The van der Waals surface area contributed by atoms with Crippen molar-refractivity contribution in [3.05, 3.63) is 24.3 Å². The van der Waals surface area contributed by atoms with Crippen molar-refractivity contribution >= 4 is 35.3 Å². The number of hydrogen-bond donors (Lipinski definition) is 6. The van der Waals surface area contributed by atoms with E-state index in [4.69, 9.17) is 51.1 Å². The third-order valence-corrected chi connectivity index (χ3v) is 0.936. The van der Waals surface area contributed by atoms with Crippen molar-refractivity contribution in [3.8, 4) is 0 Å². The molecule has 8 N–H and O–H groups in total. The third kappa shape index (κ3) is 131. The molecule has 0 aliphatic heterocycles. The summed E-state index contributed by atoms with van der Waals surface area (Å²) in [4.78, 5) is 36.0. The molecular formula is C14H24N2O8. The van der Waals surface area contributed by atoms with Crippen molar-refractivity contribution in [2.24, 2.45) is 0 Å². The predicted molar refractivity (Wildman–Crippen MR) is 88.5 cm³/mol. The normalized spacial score (nSPS) is 7.17. The first-order valence-electron chi connectivity index (χ1n) is 6.11. The summed E-state index contributed by atoms with van der Waals surface area (Å²) in [6, 6.07) is 7.09. The third-order valence-electron chi connectivity index (χ3n) is 0.936. The Morgan fingerprint density at radius 2 is 0.667 bits per heavy atom. The number of anilines is 2. The molecule has 10 nitrogen and oxygen atoms in total. The first kappa shape index (κ1) is 28.8. The van der Waals surface area contributed by atoms with Gasteiger partial charge >= 0.3 is 0 Å². The molecule has 0 bridgehead atoms. The molecular weight excluding hydrogens is 324 g/mol. The highest BCUT2D eigenvalue weighted by Crippen LogP contribution is 2.04. The summed E-state index contributed by atoms with van der Waals surface area (Å²) in [6.07, 6.45) is 0. The Balaban J connectivity index is -0.000000110. The smallest absolute Gasteiger partial charge is 0.300 e. The fourth-order valence-corrected chi connectivity index (χ4v) is 0.496. The van der Waals surface area contributed by atoms with E-state index in [0.717, 1.165) is 39.1 Å². The first-order chi connectivity index (χ1) is 10.7. The maximum atomic E-state index is 9.00. The van der Waals surface area contributed by atoms with E-state index >= 15 is 0 Å². The van der Waals surface area contributed by atoms with E-state index in [1.165, 1.54) is 0 Å². The van der Waals surface area contributed by atoms with Crippen LogP contribution in [0.4, 0.5) is 11.4 Å². The summed E-state index contributed by atoms with van der Waals surface area (Å²) in [5.41, 5.74) is 12.2. The van der Waals surface area contributed by atoms with Gasteiger partial charge in [-0.3, -0.25) is 19.2 Å². The van der Waals surface area contributed by atoms with Gasteiger partial charge in [0.1, 0.15) is 0 Å². The molecule has 0 radical (unpaired) electrons. The van der Waals surface area contributed by atoms with Crippen molar-refractivity contribution in [2.45, 2.75) is 27.7 Å². The zero-order valence-corrected chi connectivity index (χ0v) is 13.9. The number of rotatable bonds is 0. The second kappa shape index (κ2) is 19.7. The van der Waals surface area contributed by atoms with E-state index in [-0.39, 0.29) is 0 Å². The quantitative estimate of drug-likeness (QED) is 0.370. The van der Waals surface area contributed by atoms with E-state index in [1.54, 1.807) is 24.3 Å². The predicted octanol–water partition coefficient (Wildman–Crippen LogP) is 1.21. The van der Waals surface area contributed by atoms with E-state index in [9.17, 15) is 0 Å². The highest BCUT2D eigenvalue weighted by Gasteiger charge is 1.80. The van der Waals surface area contributed by atoms with Crippen LogP contribution in [-0.2, 0) is 19.2 Å². The van der Waals surface area contributed by atoms with Gasteiger partial charge in [-0.2, -0.15) is 0 Å². The van der Waals surface area contributed by atoms with Gasteiger partial charge in [-0.25, -0.2) is 0 Å². The highest BCUT2D eigenvalue weighted by atomic mass is 16.4. The second-order valence-electron chi connectivity index (χ2n) is 3.74. The minimum absolute atomic E-state index is 0.749. The number of hydrogen-bond acceptors (Lipinski definition) is 6. The van der Waals surface area contributed by atoms with Gasteiger partial charge in [0, 0.05) is 39.1 Å². The van der Waals surface area contributed by atoms with Crippen molar-refractivity contribution in [1.82, 2.24) is 0 Å². The highest BCUT2D eigenvalue weighted by molar-refractivity contribution is 5.63. The molecule has 0 saturated heterocycles. The van der Waals surface area contributed by atoms with E-state index in [1.807, 2.05) is 0 Å². The summed E-state index contributed by atoms with van der Waals surface area (Å²) in [7, 11) is 0. The molecule has 10 heteroatoms. The minimum Gasteiger partial charge on any atom is -0.481 e. The molecule has 0 unspecified atom stereocenters. The number of carbonyl (C=O) groups is 4. The molecule has 0 amide bonds. The average molecular weight is 348 g/mol. The lowest BCUT2D eigenvalue weighted by molar-refractivity contribution is -0.135.